The van der Waals surface area contributed by atoms with Gasteiger partial charge >= 0.3 is 0 Å². The minimum Gasteiger partial charge on any atom is -0.325 e. The third-order valence-electron chi connectivity index (χ3n) is 4.65. The summed E-state index contributed by atoms with van der Waals surface area (Å²) in [4.78, 5) is 12.4. The van der Waals surface area contributed by atoms with E-state index in [4.69, 9.17) is 23.2 Å². The van der Waals surface area contributed by atoms with Gasteiger partial charge in [-0.1, -0.05) is 36.0 Å². The molecule has 21 heavy (non-hydrogen) atoms. The van der Waals surface area contributed by atoms with Gasteiger partial charge < -0.3 is 10.6 Å². The fraction of sp³-hybridized carbons (Fsp3) is 0.562. The van der Waals surface area contributed by atoms with E-state index < -0.39 is 0 Å². The number of hydrogen-bond acceptors (Lipinski definition) is 2. The number of benzene rings is 1. The predicted molar refractivity (Wildman–Crippen MR) is 87.0 cm³/mol. The molecule has 0 radical (unpaired) electrons. The summed E-state index contributed by atoms with van der Waals surface area (Å²) in [6.07, 6.45) is 7.17. The Hall–Kier alpha value is -0.770. The Balaban J connectivity index is 1.61. The van der Waals surface area contributed by atoms with Crippen LogP contribution in [0.3, 0.4) is 0 Å². The Morgan fingerprint density at radius 1 is 1.10 bits per heavy atom. The number of anilines is 1. The minimum absolute atomic E-state index is 0.0254. The molecule has 0 spiro atoms. The number of carbonyl (C=O) groups excluding carboxylic acids is 1. The lowest BCUT2D eigenvalue weighted by Crippen LogP contribution is -2.53. The van der Waals surface area contributed by atoms with Crippen molar-refractivity contribution in [2.24, 2.45) is 5.92 Å². The van der Waals surface area contributed by atoms with E-state index in [1.165, 1.54) is 25.7 Å². The fourth-order valence-corrected chi connectivity index (χ4v) is 3.80. The minimum atomic E-state index is -0.0983. The Kier molecular flexibility index (Phi) is 4.72. The van der Waals surface area contributed by atoms with Crippen LogP contribution in [0.4, 0.5) is 5.69 Å². The van der Waals surface area contributed by atoms with Gasteiger partial charge in [0.1, 0.15) is 0 Å². The molecule has 0 aromatic heterocycles. The van der Waals surface area contributed by atoms with Gasteiger partial charge in [0.15, 0.2) is 0 Å². The van der Waals surface area contributed by atoms with Crippen molar-refractivity contribution in [2.45, 2.75) is 50.6 Å². The number of halogens is 2. The average Bonchev–Trinajstić information content (AvgIpc) is 2.50. The van der Waals surface area contributed by atoms with Crippen molar-refractivity contribution in [1.82, 2.24) is 5.32 Å². The standard InChI is InChI=1S/C16H20Cl2N2O/c17-12-7-6-11(9-13(12)18)19-16(21)15-8-5-10-3-1-2-4-14(10)20-15/h6-7,9-10,14-15,20H,1-5,8H2,(H,19,21). The smallest absolute Gasteiger partial charge is 0.241 e. The monoisotopic (exact) mass is 326 g/mol. The lowest BCUT2D eigenvalue weighted by atomic mass is 9.77. The molecule has 1 amide bonds. The van der Waals surface area contributed by atoms with Crippen LogP contribution in [0.2, 0.25) is 10.0 Å². The van der Waals surface area contributed by atoms with Crippen LogP contribution in [0.1, 0.15) is 38.5 Å². The Morgan fingerprint density at radius 3 is 2.71 bits per heavy atom. The molecule has 3 rings (SSSR count). The highest BCUT2D eigenvalue weighted by atomic mass is 35.5. The topological polar surface area (TPSA) is 41.1 Å². The molecule has 1 aromatic rings. The summed E-state index contributed by atoms with van der Waals surface area (Å²) in [5, 5.41) is 7.41. The van der Waals surface area contributed by atoms with Crippen molar-refractivity contribution in [3.05, 3.63) is 28.2 Å². The maximum Gasteiger partial charge on any atom is 0.241 e. The van der Waals surface area contributed by atoms with E-state index in [1.807, 2.05) is 0 Å². The van der Waals surface area contributed by atoms with Gasteiger partial charge in [0.2, 0.25) is 5.91 Å². The first-order chi connectivity index (χ1) is 10.1. The van der Waals surface area contributed by atoms with E-state index >= 15 is 0 Å². The van der Waals surface area contributed by atoms with Crippen molar-refractivity contribution in [1.29, 1.82) is 0 Å². The number of nitrogens with one attached hydrogen (secondary N) is 2. The molecular weight excluding hydrogens is 307 g/mol. The first kappa shape index (κ1) is 15.1. The fourth-order valence-electron chi connectivity index (χ4n) is 3.51. The normalized spacial score (nSPS) is 28.8. The summed E-state index contributed by atoms with van der Waals surface area (Å²) in [5.41, 5.74) is 0.696. The highest BCUT2D eigenvalue weighted by Gasteiger charge is 2.34. The lowest BCUT2D eigenvalue weighted by molar-refractivity contribution is -0.119. The van der Waals surface area contributed by atoms with Gasteiger partial charge in [-0.2, -0.15) is 0 Å². The molecule has 2 aliphatic rings. The molecular formula is C16H20Cl2N2O. The van der Waals surface area contributed by atoms with Gasteiger partial charge in [-0.05, 0) is 49.8 Å². The number of piperidine rings is 1. The number of amides is 1. The van der Waals surface area contributed by atoms with Gasteiger partial charge in [0, 0.05) is 11.7 Å². The molecule has 3 unspecified atom stereocenters. The third-order valence-corrected chi connectivity index (χ3v) is 5.39. The van der Waals surface area contributed by atoms with Crippen molar-refractivity contribution in [3.8, 4) is 0 Å². The third kappa shape index (κ3) is 3.53. The first-order valence-corrected chi connectivity index (χ1v) is 8.41. The van der Waals surface area contributed by atoms with Gasteiger partial charge in [-0.25, -0.2) is 0 Å². The van der Waals surface area contributed by atoms with Crippen molar-refractivity contribution in [3.63, 3.8) is 0 Å². The summed E-state index contributed by atoms with van der Waals surface area (Å²) in [6.45, 7) is 0. The van der Waals surface area contributed by atoms with Crippen LogP contribution in [-0.2, 0) is 4.79 Å². The Labute approximate surface area is 135 Å². The Bertz CT molecular complexity index is 535. The molecule has 1 aromatic carbocycles. The zero-order chi connectivity index (χ0) is 14.8. The molecule has 1 saturated heterocycles. The number of fused-ring (bicyclic) bond motifs is 1. The van der Waals surface area contributed by atoms with Gasteiger partial charge in [-0.15, -0.1) is 0 Å². The maximum absolute atomic E-state index is 12.4. The van der Waals surface area contributed by atoms with Crippen LogP contribution < -0.4 is 10.6 Å². The molecule has 2 N–H and O–H groups in total. The Morgan fingerprint density at radius 2 is 1.90 bits per heavy atom. The molecule has 5 heteroatoms. The largest absolute Gasteiger partial charge is 0.325 e. The van der Waals surface area contributed by atoms with Crippen LogP contribution in [0.15, 0.2) is 18.2 Å². The SMILES string of the molecule is O=C(Nc1ccc(Cl)c(Cl)c1)C1CCC2CCCCC2N1. The number of carbonyl (C=O) groups is 1. The molecule has 2 fully saturated rings. The molecule has 0 bridgehead atoms. The van der Waals surface area contributed by atoms with Gasteiger partial charge in [0.25, 0.3) is 0 Å². The van der Waals surface area contributed by atoms with E-state index in [2.05, 4.69) is 10.6 Å². The van der Waals surface area contributed by atoms with Crippen LogP contribution in [0.5, 0.6) is 0 Å². The summed E-state index contributed by atoms with van der Waals surface area (Å²) >= 11 is 11.9. The van der Waals surface area contributed by atoms with E-state index in [0.717, 1.165) is 18.8 Å². The molecule has 3 nitrogen and oxygen atoms in total. The molecule has 1 aliphatic carbocycles. The molecule has 1 saturated carbocycles. The summed E-state index contributed by atoms with van der Waals surface area (Å²) in [5.74, 6) is 0.783. The highest BCUT2D eigenvalue weighted by Crippen LogP contribution is 2.32. The van der Waals surface area contributed by atoms with Crippen molar-refractivity contribution in [2.75, 3.05) is 5.32 Å². The first-order valence-electron chi connectivity index (χ1n) is 7.65. The molecule has 3 atom stereocenters. The van der Waals surface area contributed by atoms with E-state index in [9.17, 15) is 4.79 Å². The van der Waals surface area contributed by atoms with Crippen LogP contribution in [0, 0.1) is 5.92 Å². The van der Waals surface area contributed by atoms with E-state index in [0.29, 0.717) is 21.8 Å². The second-order valence-electron chi connectivity index (χ2n) is 6.07. The number of rotatable bonds is 2. The van der Waals surface area contributed by atoms with Crippen LogP contribution >= 0.6 is 23.2 Å². The number of hydrogen-bond donors (Lipinski definition) is 2. The summed E-state index contributed by atoms with van der Waals surface area (Å²) in [7, 11) is 0. The highest BCUT2D eigenvalue weighted by molar-refractivity contribution is 6.42. The second kappa shape index (κ2) is 6.55. The van der Waals surface area contributed by atoms with Crippen LogP contribution in [0.25, 0.3) is 0 Å². The van der Waals surface area contributed by atoms with Gasteiger partial charge in [-0.3, -0.25) is 4.79 Å². The summed E-state index contributed by atoms with van der Waals surface area (Å²) in [6, 6.07) is 5.58. The molecule has 1 aliphatic heterocycles. The lowest BCUT2D eigenvalue weighted by Gasteiger charge is -2.39. The zero-order valence-electron chi connectivity index (χ0n) is 11.9. The van der Waals surface area contributed by atoms with Gasteiger partial charge in [0.05, 0.1) is 16.1 Å². The van der Waals surface area contributed by atoms with E-state index in [1.54, 1.807) is 18.2 Å². The maximum atomic E-state index is 12.4. The van der Waals surface area contributed by atoms with Crippen molar-refractivity contribution < 1.29 is 4.79 Å². The average molecular weight is 327 g/mol. The van der Waals surface area contributed by atoms with Crippen LogP contribution in [-0.4, -0.2) is 18.0 Å². The zero-order valence-corrected chi connectivity index (χ0v) is 13.4. The summed E-state index contributed by atoms with van der Waals surface area (Å²) < 4.78 is 0. The molecule has 1 heterocycles. The van der Waals surface area contributed by atoms with Crippen molar-refractivity contribution >= 4 is 34.8 Å². The quantitative estimate of drug-likeness (QED) is 0.853. The van der Waals surface area contributed by atoms with E-state index in [-0.39, 0.29) is 11.9 Å². The predicted octanol–water partition coefficient (Wildman–Crippen LogP) is 4.24. The second-order valence-corrected chi connectivity index (χ2v) is 6.88. The molecule has 114 valence electrons.